The van der Waals surface area contributed by atoms with Crippen molar-refractivity contribution in [1.29, 1.82) is 0 Å². The summed E-state index contributed by atoms with van der Waals surface area (Å²) in [5.41, 5.74) is 6.88. The Bertz CT molecular complexity index is 1020. The summed E-state index contributed by atoms with van der Waals surface area (Å²) < 4.78 is 21.9. The van der Waals surface area contributed by atoms with Crippen LogP contribution in [0.3, 0.4) is 0 Å². The highest BCUT2D eigenvalue weighted by Gasteiger charge is 2.21. The molecule has 2 aromatic carbocycles. The molecule has 0 unspecified atom stereocenters. The molecule has 0 aliphatic carbocycles. The topological polar surface area (TPSA) is 95.1 Å². The Morgan fingerprint density at radius 3 is 2.80 bits per heavy atom. The third-order valence-corrected chi connectivity index (χ3v) is 4.68. The molecule has 30 heavy (non-hydrogen) atoms. The van der Waals surface area contributed by atoms with E-state index in [-0.39, 0.29) is 12.9 Å². The predicted molar refractivity (Wildman–Crippen MR) is 109 cm³/mol. The number of nitrogens with one attached hydrogen (secondary N) is 2. The maximum atomic E-state index is 12.2. The number of carbonyl (C=O) groups excluding carboxylic acids is 2. The van der Waals surface area contributed by atoms with Gasteiger partial charge in [-0.15, -0.1) is 0 Å². The molecule has 2 aliphatic heterocycles. The lowest BCUT2D eigenvalue weighted by molar-refractivity contribution is -0.117. The first-order valence-corrected chi connectivity index (χ1v) is 9.68. The van der Waals surface area contributed by atoms with Crippen molar-refractivity contribution in [3.8, 4) is 23.0 Å². The Morgan fingerprint density at radius 2 is 1.97 bits per heavy atom. The molecule has 2 heterocycles. The average Bonchev–Trinajstić information content (AvgIpc) is 3.34. The van der Waals surface area contributed by atoms with E-state index in [2.05, 4.69) is 10.9 Å². The zero-order valence-electron chi connectivity index (χ0n) is 16.7. The standard InChI is InChI=1S/C22H22N2O6/c1-3-27-18-11-16-8-13(2)30-19(16)9-14(18)5-7-21(25)23-24-22(26)15-4-6-17-20(10-15)29-12-28-17/h4-7,9-11,13H,3,8,12H2,1-2H3,(H,23,25)(H,24,26)/b7-5+/t13-/m1/s1. The van der Waals surface area contributed by atoms with E-state index in [0.29, 0.717) is 29.4 Å². The molecular weight excluding hydrogens is 388 g/mol. The van der Waals surface area contributed by atoms with Gasteiger partial charge in [0.1, 0.15) is 17.6 Å². The second-order valence-corrected chi connectivity index (χ2v) is 6.91. The van der Waals surface area contributed by atoms with Crippen LogP contribution in [0.4, 0.5) is 0 Å². The van der Waals surface area contributed by atoms with Crippen LogP contribution in [-0.4, -0.2) is 31.3 Å². The number of benzene rings is 2. The summed E-state index contributed by atoms with van der Waals surface area (Å²) in [5.74, 6) is 1.60. The summed E-state index contributed by atoms with van der Waals surface area (Å²) in [6.45, 7) is 4.54. The van der Waals surface area contributed by atoms with E-state index in [9.17, 15) is 9.59 Å². The lowest BCUT2D eigenvalue weighted by atomic mass is 10.1. The van der Waals surface area contributed by atoms with Crippen LogP contribution in [0, 0.1) is 0 Å². The molecule has 2 N–H and O–H groups in total. The van der Waals surface area contributed by atoms with Crippen LogP contribution in [0.2, 0.25) is 0 Å². The minimum absolute atomic E-state index is 0.114. The number of ether oxygens (including phenoxy) is 4. The number of hydrogen-bond donors (Lipinski definition) is 2. The maximum Gasteiger partial charge on any atom is 0.269 e. The van der Waals surface area contributed by atoms with Crippen LogP contribution < -0.4 is 29.8 Å². The molecule has 4 rings (SSSR count). The molecule has 2 aromatic rings. The van der Waals surface area contributed by atoms with Crippen LogP contribution in [0.15, 0.2) is 36.4 Å². The molecular formula is C22H22N2O6. The van der Waals surface area contributed by atoms with Gasteiger partial charge >= 0.3 is 0 Å². The summed E-state index contributed by atoms with van der Waals surface area (Å²) >= 11 is 0. The molecule has 156 valence electrons. The third-order valence-electron chi connectivity index (χ3n) is 4.68. The predicted octanol–water partition coefficient (Wildman–Crippen LogP) is 2.61. The maximum absolute atomic E-state index is 12.2. The van der Waals surface area contributed by atoms with Gasteiger partial charge in [-0.2, -0.15) is 0 Å². The second-order valence-electron chi connectivity index (χ2n) is 6.91. The van der Waals surface area contributed by atoms with Crippen molar-refractivity contribution in [3.63, 3.8) is 0 Å². The lowest BCUT2D eigenvalue weighted by Gasteiger charge is -2.10. The van der Waals surface area contributed by atoms with Crippen LogP contribution in [0.5, 0.6) is 23.0 Å². The molecule has 8 heteroatoms. The first kappa shape index (κ1) is 19.6. The largest absolute Gasteiger partial charge is 0.493 e. The van der Waals surface area contributed by atoms with E-state index in [1.54, 1.807) is 24.3 Å². The first-order valence-electron chi connectivity index (χ1n) is 9.68. The Hall–Kier alpha value is -3.68. The van der Waals surface area contributed by atoms with Crippen molar-refractivity contribution in [2.45, 2.75) is 26.4 Å². The van der Waals surface area contributed by atoms with Gasteiger partial charge in [-0.25, -0.2) is 0 Å². The zero-order valence-corrected chi connectivity index (χ0v) is 16.7. The van der Waals surface area contributed by atoms with Gasteiger partial charge in [0.05, 0.1) is 6.61 Å². The quantitative estimate of drug-likeness (QED) is 0.581. The Kier molecular flexibility index (Phi) is 5.47. The minimum atomic E-state index is -0.485. The summed E-state index contributed by atoms with van der Waals surface area (Å²) in [4.78, 5) is 24.4. The lowest BCUT2D eigenvalue weighted by Crippen LogP contribution is -2.40. The molecule has 0 aromatic heterocycles. The minimum Gasteiger partial charge on any atom is -0.493 e. The summed E-state index contributed by atoms with van der Waals surface area (Å²) in [7, 11) is 0. The van der Waals surface area contributed by atoms with Crippen LogP contribution in [0.1, 0.15) is 35.3 Å². The number of amides is 2. The van der Waals surface area contributed by atoms with Gasteiger partial charge in [0.25, 0.3) is 11.8 Å². The smallest absolute Gasteiger partial charge is 0.269 e. The number of rotatable bonds is 5. The fourth-order valence-corrected chi connectivity index (χ4v) is 3.30. The van der Waals surface area contributed by atoms with Crippen molar-refractivity contribution in [2.75, 3.05) is 13.4 Å². The highest BCUT2D eigenvalue weighted by atomic mass is 16.7. The van der Waals surface area contributed by atoms with Gasteiger partial charge in [0.2, 0.25) is 6.79 Å². The number of fused-ring (bicyclic) bond motifs is 2. The third kappa shape index (κ3) is 4.17. The van der Waals surface area contributed by atoms with E-state index in [0.717, 1.165) is 23.3 Å². The van der Waals surface area contributed by atoms with Crippen LogP contribution >= 0.6 is 0 Å². The Morgan fingerprint density at radius 1 is 1.13 bits per heavy atom. The summed E-state index contributed by atoms with van der Waals surface area (Å²) in [6, 6.07) is 8.59. The van der Waals surface area contributed by atoms with E-state index < -0.39 is 11.8 Å². The molecule has 0 saturated heterocycles. The average molecular weight is 410 g/mol. The fourth-order valence-electron chi connectivity index (χ4n) is 3.30. The van der Waals surface area contributed by atoms with Crippen molar-refractivity contribution < 1.29 is 28.5 Å². The fraction of sp³-hybridized carbons (Fsp3) is 0.273. The van der Waals surface area contributed by atoms with Crippen molar-refractivity contribution >= 4 is 17.9 Å². The van der Waals surface area contributed by atoms with Gasteiger partial charge < -0.3 is 18.9 Å². The molecule has 0 bridgehead atoms. The van der Waals surface area contributed by atoms with Gasteiger partial charge in [-0.1, -0.05) is 0 Å². The summed E-state index contributed by atoms with van der Waals surface area (Å²) in [6.07, 6.45) is 3.89. The number of carbonyl (C=O) groups is 2. The Balaban J connectivity index is 1.39. The Labute approximate surface area is 173 Å². The van der Waals surface area contributed by atoms with Gasteiger partial charge in [0, 0.05) is 29.2 Å². The molecule has 1 atom stereocenters. The van der Waals surface area contributed by atoms with Crippen molar-refractivity contribution in [1.82, 2.24) is 10.9 Å². The van der Waals surface area contributed by atoms with Gasteiger partial charge in [-0.3, -0.25) is 20.4 Å². The van der Waals surface area contributed by atoms with Crippen LogP contribution in [-0.2, 0) is 11.2 Å². The molecule has 2 aliphatic rings. The highest BCUT2D eigenvalue weighted by Crippen LogP contribution is 2.36. The van der Waals surface area contributed by atoms with Gasteiger partial charge in [-0.05, 0) is 50.3 Å². The second kappa shape index (κ2) is 8.36. The van der Waals surface area contributed by atoms with Crippen molar-refractivity contribution in [3.05, 3.63) is 53.1 Å². The summed E-state index contributed by atoms with van der Waals surface area (Å²) in [5, 5.41) is 0. The van der Waals surface area contributed by atoms with E-state index in [1.165, 1.54) is 6.08 Å². The van der Waals surface area contributed by atoms with Gasteiger partial charge in [0.15, 0.2) is 11.5 Å². The molecule has 0 spiro atoms. The molecule has 0 radical (unpaired) electrons. The molecule has 2 amide bonds. The number of hydrogen-bond acceptors (Lipinski definition) is 6. The highest BCUT2D eigenvalue weighted by molar-refractivity contribution is 5.98. The normalized spacial score (nSPS) is 16.1. The zero-order chi connectivity index (χ0) is 21.1. The van der Waals surface area contributed by atoms with E-state index in [4.69, 9.17) is 18.9 Å². The van der Waals surface area contributed by atoms with Crippen LogP contribution in [0.25, 0.3) is 6.08 Å². The van der Waals surface area contributed by atoms with E-state index in [1.807, 2.05) is 26.0 Å². The SMILES string of the molecule is CCOc1cc2c(cc1/C=C/C(=O)NNC(=O)c1ccc3c(c1)OCO3)O[C@H](C)C2. The van der Waals surface area contributed by atoms with Crippen molar-refractivity contribution in [2.24, 2.45) is 0 Å². The monoisotopic (exact) mass is 410 g/mol. The first-order chi connectivity index (χ1) is 14.5. The van der Waals surface area contributed by atoms with E-state index >= 15 is 0 Å². The number of hydrazine groups is 1. The molecule has 8 nitrogen and oxygen atoms in total. The molecule has 0 saturated carbocycles. The molecule has 0 fully saturated rings.